The van der Waals surface area contributed by atoms with Gasteiger partial charge in [0.2, 0.25) is 0 Å². The first kappa shape index (κ1) is 14.7. The molecule has 1 aromatic carbocycles. The van der Waals surface area contributed by atoms with Gasteiger partial charge in [0, 0.05) is 18.7 Å². The van der Waals surface area contributed by atoms with Crippen molar-refractivity contribution in [1.29, 1.82) is 0 Å². The monoisotopic (exact) mass is 287 g/mol. The minimum atomic E-state index is -0.143. The van der Waals surface area contributed by atoms with Crippen LogP contribution in [0.25, 0.3) is 0 Å². The van der Waals surface area contributed by atoms with Crippen molar-refractivity contribution in [2.24, 2.45) is 0 Å². The third kappa shape index (κ3) is 3.53. The average molecular weight is 287 g/mol. The van der Waals surface area contributed by atoms with Gasteiger partial charge in [-0.1, -0.05) is 12.1 Å². The Balaban J connectivity index is 1.60. The molecule has 0 radical (unpaired) electrons. The van der Waals surface area contributed by atoms with E-state index >= 15 is 0 Å². The average Bonchev–Trinajstić information content (AvgIpc) is 3.05. The summed E-state index contributed by atoms with van der Waals surface area (Å²) < 4.78 is 5.59. The number of aryl methyl sites for hydroxylation is 2. The normalized spacial score (nSPS) is 22.8. The zero-order valence-electron chi connectivity index (χ0n) is 12.9. The number of ketones is 1. The lowest BCUT2D eigenvalue weighted by Crippen LogP contribution is -2.38. The van der Waals surface area contributed by atoms with Gasteiger partial charge in [-0.15, -0.1) is 0 Å². The second kappa shape index (κ2) is 6.71. The van der Waals surface area contributed by atoms with Crippen LogP contribution in [0.2, 0.25) is 0 Å². The van der Waals surface area contributed by atoms with Gasteiger partial charge in [-0.25, -0.2) is 0 Å². The molecule has 1 saturated heterocycles. The summed E-state index contributed by atoms with van der Waals surface area (Å²) in [5, 5.41) is 3.33. The summed E-state index contributed by atoms with van der Waals surface area (Å²) >= 11 is 0. The fourth-order valence-corrected chi connectivity index (χ4v) is 3.34. The van der Waals surface area contributed by atoms with E-state index in [4.69, 9.17) is 4.74 Å². The molecule has 1 aliphatic carbocycles. The van der Waals surface area contributed by atoms with Gasteiger partial charge in [-0.2, -0.15) is 0 Å². The highest BCUT2D eigenvalue weighted by Crippen LogP contribution is 2.22. The second-order valence-electron chi connectivity index (χ2n) is 6.32. The molecule has 3 nitrogen and oxygen atoms in total. The highest BCUT2D eigenvalue weighted by Gasteiger charge is 2.20. The van der Waals surface area contributed by atoms with Gasteiger partial charge in [0.1, 0.15) is 0 Å². The zero-order valence-corrected chi connectivity index (χ0v) is 12.9. The summed E-state index contributed by atoms with van der Waals surface area (Å²) in [6.07, 6.45) is 7.33. The molecule has 0 saturated carbocycles. The number of fused-ring (bicyclic) bond motifs is 1. The minimum absolute atomic E-state index is 0.143. The third-order valence-corrected chi connectivity index (χ3v) is 4.70. The zero-order chi connectivity index (χ0) is 14.7. The van der Waals surface area contributed by atoms with Crippen LogP contribution in [0.4, 0.5) is 0 Å². The van der Waals surface area contributed by atoms with Crippen molar-refractivity contribution >= 4 is 5.78 Å². The summed E-state index contributed by atoms with van der Waals surface area (Å²) in [5.41, 5.74) is 3.65. The van der Waals surface area contributed by atoms with Gasteiger partial charge in [-0.3, -0.25) is 4.79 Å². The van der Waals surface area contributed by atoms with Crippen LogP contribution in [0.15, 0.2) is 18.2 Å². The maximum atomic E-state index is 12.5. The molecule has 2 atom stereocenters. The summed E-state index contributed by atoms with van der Waals surface area (Å²) in [6, 6.07) is 6.11. The molecule has 3 heteroatoms. The predicted octanol–water partition coefficient (Wildman–Crippen LogP) is 2.91. The molecule has 0 amide bonds. The lowest BCUT2D eigenvalue weighted by atomic mass is 9.89. The van der Waals surface area contributed by atoms with Crippen LogP contribution < -0.4 is 5.32 Å². The number of hydrogen-bond donors (Lipinski definition) is 1. The number of hydrogen-bond acceptors (Lipinski definition) is 3. The summed E-state index contributed by atoms with van der Waals surface area (Å²) in [4.78, 5) is 12.5. The topological polar surface area (TPSA) is 38.3 Å². The van der Waals surface area contributed by atoms with Crippen molar-refractivity contribution in [3.05, 3.63) is 34.9 Å². The Morgan fingerprint density at radius 1 is 1.29 bits per heavy atom. The highest BCUT2D eigenvalue weighted by atomic mass is 16.5. The van der Waals surface area contributed by atoms with Crippen LogP contribution >= 0.6 is 0 Å². The Kier molecular flexibility index (Phi) is 4.71. The molecular weight excluding hydrogens is 262 g/mol. The van der Waals surface area contributed by atoms with Gasteiger partial charge in [0.25, 0.3) is 0 Å². The molecule has 0 spiro atoms. The molecule has 114 valence electrons. The molecule has 1 N–H and O–H groups in total. The molecule has 3 rings (SSSR count). The van der Waals surface area contributed by atoms with Crippen molar-refractivity contribution in [2.75, 3.05) is 13.2 Å². The number of Topliss-reactive ketones (excluding diaryl/α,β-unsaturated/α-hetero) is 1. The molecular formula is C18H25NO2. The fraction of sp³-hybridized carbons (Fsp3) is 0.611. The van der Waals surface area contributed by atoms with E-state index in [1.807, 2.05) is 13.0 Å². The third-order valence-electron chi connectivity index (χ3n) is 4.70. The Morgan fingerprint density at radius 3 is 2.86 bits per heavy atom. The largest absolute Gasteiger partial charge is 0.377 e. The van der Waals surface area contributed by atoms with Gasteiger partial charge >= 0.3 is 0 Å². The van der Waals surface area contributed by atoms with Crippen LogP contribution in [0.3, 0.4) is 0 Å². The van der Waals surface area contributed by atoms with Gasteiger partial charge in [0.05, 0.1) is 12.1 Å². The maximum absolute atomic E-state index is 12.5. The fourth-order valence-electron chi connectivity index (χ4n) is 3.34. The standard InChI is InChI=1S/C18H25NO2/c1-13(19-12-17-7-4-10-21-17)18(20)16-9-8-14-5-2-3-6-15(14)11-16/h8-9,11,13,17,19H,2-7,10,12H2,1H3. The van der Waals surface area contributed by atoms with E-state index < -0.39 is 0 Å². The van der Waals surface area contributed by atoms with E-state index in [1.54, 1.807) is 0 Å². The van der Waals surface area contributed by atoms with Crippen molar-refractivity contribution in [3.8, 4) is 0 Å². The molecule has 1 aromatic rings. The van der Waals surface area contributed by atoms with E-state index in [1.165, 1.54) is 24.0 Å². The summed E-state index contributed by atoms with van der Waals surface area (Å²) in [5.74, 6) is 0.196. The van der Waals surface area contributed by atoms with E-state index in [9.17, 15) is 4.79 Å². The Labute approximate surface area is 127 Å². The van der Waals surface area contributed by atoms with E-state index in [0.29, 0.717) is 0 Å². The van der Waals surface area contributed by atoms with E-state index in [2.05, 4.69) is 17.4 Å². The van der Waals surface area contributed by atoms with Crippen molar-refractivity contribution in [3.63, 3.8) is 0 Å². The van der Waals surface area contributed by atoms with Crippen LogP contribution in [-0.2, 0) is 17.6 Å². The molecule has 0 bridgehead atoms. The Bertz CT molecular complexity index is 506. The second-order valence-corrected chi connectivity index (χ2v) is 6.32. The summed E-state index contributed by atoms with van der Waals surface area (Å²) in [7, 11) is 0. The van der Waals surface area contributed by atoms with Crippen molar-refractivity contribution in [1.82, 2.24) is 5.32 Å². The smallest absolute Gasteiger partial charge is 0.179 e. The molecule has 1 aliphatic heterocycles. The molecule has 21 heavy (non-hydrogen) atoms. The first-order valence-corrected chi connectivity index (χ1v) is 8.25. The number of rotatable bonds is 5. The Morgan fingerprint density at radius 2 is 2.10 bits per heavy atom. The van der Waals surface area contributed by atoms with Crippen molar-refractivity contribution < 1.29 is 9.53 Å². The molecule has 1 heterocycles. The quantitative estimate of drug-likeness (QED) is 0.846. The minimum Gasteiger partial charge on any atom is -0.377 e. The van der Waals surface area contributed by atoms with Crippen LogP contribution in [0.1, 0.15) is 54.1 Å². The first-order valence-electron chi connectivity index (χ1n) is 8.25. The number of carbonyl (C=O) groups excluding carboxylic acids is 1. The summed E-state index contributed by atoms with van der Waals surface area (Å²) in [6.45, 7) is 3.59. The van der Waals surface area contributed by atoms with Crippen LogP contribution in [0, 0.1) is 0 Å². The van der Waals surface area contributed by atoms with Crippen molar-refractivity contribution in [2.45, 2.75) is 57.6 Å². The van der Waals surface area contributed by atoms with Crippen LogP contribution in [0.5, 0.6) is 0 Å². The molecule has 2 aliphatic rings. The Hall–Kier alpha value is -1.19. The molecule has 0 aromatic heterocycles. The maximum Gasteiger partial charge on any atom is 0.179 e. The number of carbonyl (C=O) groups is 1. The van der Waals surface area contributed by atoms with Gasteiger partial charge in [0.15, 0.2) is 5.78 Å². The molecule has 1 fully saturated rings. The lowest BCUT2D eigenvalue weighted by molar-refractivity contribution is 0.0902. The highest BCUT2D eigenvalue weighted by molar-refractivity contribution is 6.00. The number of nitrogens with one attached hydrogen (secondary N) is 1. The van der Waals surface area contributed by atoms with E-state index in [0.717, 1.165) is 44.4 Å². The number of benzene rings is 1. The number of ether oxygens (including phenoxy) is 1. The van der Waals surface area contributed by atoms with Gasteiger partial charge in [-0.05, 0) is 62.6 Å². The van der Waals surface area contributed by atoms with Gasteiger partial charge < -0.3 is 10.1 Å². The predicted molar refractivity (Wildman–Crippen MR) is 83.9 cm³/mol. The molecule has 2 unspecified atom stereocenters. The van der Waals surface area contributed by atoms with Crippen LogP contribution in [-0.4, -0.2) is 31.1 Å². The van der Waals surface area contributed by atoms with E-state index in [-0.39, 0.29) is 17.9 Å². The lowest BCUT2D eigenvalue weighted by Gasteiger charge is -2.19. The SMILES string of the molecule is CC(NCC1CCCO1)C(=O)c1ccc2c(c1)CCCC2. The first-order chi connectivity index (χ1) is 10.2.